The van der Waals surface area contributed by atoms with Gasteiger partial charge in [-0.1, -0.05) is 25.7 Å². The van der Waals surface area contributed by atoms with E-state index in [0.717, 1.165) is 72.0 Å². The summed E-state index contributed by atoms with van der Waals surface area (Å²) < 4.78 is 17.3. The Balaban J connectivity index is 1.87. The van der Waals surface area contributed by atoms with Gasteiger partial charge in [-0.25, -0.2) is 0 Å². The standard InChI is InChI=1S/C20H40N2O4/c1-2-4-6-10-22-13-18-25-20-19-24-17-12-21(9-5-3-1)11-16-23-14-7-8-15-26-22/h1-20H2. The third-order valence-corrected chi connectivity index (χ3v) is 5.05. The van der Waals surface area contributed by atoms with Gasteiger partial charge in [-0.3, -0.25) is 9.74 Å². The average molecular weight is 373 g/mol. The van der Waals surface area contributed by atoms with Gasteiger partial charge in [-0.15, -0.1) is 0 Å². The van der Waals surface area contributed by atoms with Gasteiger partial charge in [0.15, 0.2) is 0 Å². The van der Waals surface area contributed by atoms with Crippen LogP contribution in [0.2, 0.25) is 0 Å². The summed E-state index contributed by atoms with van der Waals surface area (Å²) in [4.78, 5) is 8.47. The maximum absolute atomic E-state index is 5.98. The summed E-state index contributed by atoms with van der Waals surface area (Å²) in [6.07, 6.45) is 9.89. The van der Waals surface area contributed by atoms with E-state index in [1.165, 1.54) is 38.5 Å². The molecule has 6 nitrogen and oxygen atoms in total. The summed E-state index contributed by atoms with van der Waals surface area (Å²) in [5, 5.41) is 2.10. The minimum Gasteiger partial charge on any atom is -0.380 e. The zero-order valence-corrected chi connectivity index (χ0v) is 16.7. The Kier molecular flexibility index (Phi) is 13.4. The van der Waals surface area contributed by atoms with Gasteiger partial charge in [0.1, 0.15) is 0 Å². The zero-order chi connectivity index (χ0) is 18.1. The molecule has 0 amide bonds. The zero-order valence-electron chi connectivity index (χ0n) is 16.7. The maximum atomic E-state index is 5.98. The molecule has 0 spiro atoms. The van der Waals surface area contributed by atoms with E-state index >= 15 is 0 Å². The third-order valence-electron chi connectivity index (χ3n) is 5.05. The van der Waals surface area contributed by atoms with Crippen molar-refractivity contribution < 1.29 is 19.0 Å². The van der Waals surface area contributed by atoms with Crippen LogP contribution in [0.4, 0.5) is 0 Å². The van der Waals surface area contributed by atoms with Crippen molar-refractivity contribution >= 4 is 0 Å². The molecule has 2 bridgehead atoms. The highest BCUT2D eigenvalue weighted by molar-refractivity contribution is 4.59. The lowest BCUT2D eigenvalue weighted by Gasteiger charge is -2.24. The molecule has 0 N–H and O–H groups in total. The fourth-order valence-corrected chi connectivity index (χ4v) is 3.38. The van der Waals surface area contributed by atoms with Crippen molar-refractivity contribution in [2.75, 3.05) is 79.0 Å². The summed E-state index contributed by atoms with van der Waals surface area (Å²) in [5.74, 6) is 0. The third kappa shape index (κ3) is 11.5. The van der Waals surface area contributed by atoms with Crippen LogP contribution in [-0.2, 0) is 19.0 Å². The molecular weight excluding hydrogens is 332 g/mol. The van der Waals surface area contributed by atoms with Gasteiger partial charge in [0.05, 0.1) is 39.6 Å². The molecule has 0 aromatic heterocycles. The van der Waals surface area contributed by atoms with Gasteiger partial charge in [0, 0.05) is 32.8 Å². The lowest BCUT2D eigenvalue weighted by molar-refractivity contribution is -0.169. The van der Waals surface area contributed by atoms with Crippen molar-refractivity contribution in [1.82, 2.24) is 9.96 Å². The smallest absolute Gasteiger partial charge is 0.0701 e. The Morgan fingerprint density at radius 1 is 0.385 bits per heavy atom. The van der Waals surface area contributed by atoms with Crippen molar-refractivity contribution in [3.63, 3.8) is 0 Å². The minimum atomic E-state index is 0.664. The lowest BCUT2D eigenvalue weighted by Crippen LogP contribution is -2.33. The molecule has 3 aliphatic heterocycles. The van der Waals surface area contributed by atoms with Crippen LogP contribution in [0.25, 0.3) is 0 Å². The first-order chi connectivity index (χ1) is 12.9. The molecule has 0 aromatic rings. The number of fused-ring (bicyclic) bond motifs is 21. The first-order valence-corrected chi connectivity index (χ1v) is 10.8. The summed E-state index contributed by atoms with van der Waals surface area (Å²) in [6.45, 7) is 10.2. The van der Waals surface area contributed by atoms with Crippen molar-refractivity contribution in [1.29, 1.82) is 0 Å². The van der Waals surface area contributed by atoms with Gasteiger partial charge >= 0.3 is 0 Å². The van der Waals surface area contributed by atoms with E-state index in [1.54, 1.807) is 0 Å². The van der Waals surface area contributed by atoms with Crippen LogP contribution < -0.4 is 0 Å². The minimum absolute atomic E-state index is 0.664. The summed E-state index contributed by atoms with van der Waals surface area (Å²) in [6, 6.07) is 0. The predicted molar refractivity (Wildman–Crippen MR) is 103 cm³/mol. The van der Waals surface area contributed by atoms with E-state index in [1.807, 2.05) is 0 Å². The maximum Gasteiger partial charge on any atom is 0.0701 e. The molecule has 26 heavy (non-hydrogen) atoms. The molecule has 0 saturated carbocycles. The van der Waals surface area contributed by atoms with Crippen LogP contribution in [0.1, 0.15) is 51.4 Å². The van der Waals surface area contributed by atoms with Crippen LogP contribution in [0, 0.1) is 0 Å². The van der Waals surface area contributed by atoms with Crippen LogP contribution >= 0.6 is 0 Å². The van der Waals surface area contributed by atoms with Gasteiger partial charge in [-0.05, 0) is 32.2 Å². The molecule has 3 heterocycles. The van der Waals surface area contributed by atoms with Crippen molar-refractivity contribution in [3.8, 4) is 0 Å². The average Bonchev–Trinajstić information content (AvgIpc) is 2.65. The van der Waals surface area contributed by atoms with Crippen LogP contribution in [-0.4, -0.2) is 88.9 Å². The molecule has 6 heteroatoms. The quantitative estimate of drug-likeness (QED) is 0.651. The second-order valence-corrected chi connectivity index (χ2v) is 7.27. The molecule has 3 aliphatic rings. The van der Waals surface area contributed by atoms with Crippen LogP contribution in [0.3, 0.4) is 0 Å². The number of hydroxylamine groups is 2. The van der Waals surface area contributed by atoms with Crippen molar-refractivity contribution in [2.24, 2.45) is 0 Å². The fraction of sp³-hybridized carbons (Fsp3) is 1.00. The van der Waals surface area contributed by atoms with Crippen molar-refractivity contribution in [3.05, 3.63) is 0 Å². The summed E-state index contributed by atoms with van der Waals surface area (Å²) in [7, 11) is 0. The molecule has 3 fully saturated rings. The summed E-state index contributed by atoms with van der Waals surface area (Å²) in [5.41, 5.74) is 0. The number of ether oxygens (including phenoxy) is 3. The lowest BCUT2D eigenvalue weighted by atomic mass is 10.1. The van der Waals surface area contributed by atoms with E-state index in [-0.39, 0.29) is 0 Å². The number of rotatable bonds is 0. The number of hydrogen-bond acceptors (Lipinski definition) is 6. The largest absolute Gasteiger partial charge is 0.380 e. The van der Waals surface area contributed by atoms with Gasteiger partial charge in [0.25, 0.3) is 0 Å². The molecule has 2 unspecified atom stereocenters. The Morgan fingerprint density at radius 2 is 0.962 bits per heavy atom. The van der Waals surface area contributed by atoms with Crippen LogP contribution in [0.5, 0.6) is 0 Å². The molecule has 0 aliphatic carbocycles. The van der Waals surface area contributed by atoms with Gasteiger partial charge < -0.3 is 14.2 Å². The first-order valence-electron chi connectivity index (χ1n) is 10.8. The molecular formula is C20H40N2O4. The molecule has 0 aromatic carbocycles. The van der Waals surface area contributed by atoms with E-state index < -0.39 is 0 Å². The van der Waals surface area contributed by atoms with Crippen molar-refractivity contribution in [2.45, 2.75) is 51.4 Å². The fourth-order valence-electron chi connectivity index (χ4n) is 3.38. The second-order valence-electron chi connectivity index (χ2n) is 7.27. The van der Waals surface area contributed by atoms with E-state index in [9.17, 15) is 0 Å². The second kappa shape index (κ2) is 15.8. The Bertz CT molecular complexity index is 243. The Labute approximate surface area is 160 Å². The highest BCUT2D eigenvalue weighted by Gasteiger charge is 2.08. The molecule has 0 radical (unpaired) electrons. The van der Waals surface area contributed by atoms with E-state index in [0.29, 0.717) is 19.8 Å². The molecule has 3 saturated heterocycles. The summed E-state index contributed by atoms with van der Waals surface area (Å²) >= 11 is 0. The Morgan fingerprint density at radius 3 is 1.73 bits per heavy atom. The van der Waals surface area contributed by atoms with Gasteiger partial charge in [0.2, 0.25) is 0 Å². The topological polar surface area (TPSA) is 43.4 Å². The predicted octanol–water partition coefficient (Wildman–Crippen LogP) is 2.72. The number of hydrogen-bond donors (Lipinski definition) is 0. The van der Waals surface area contributed by atoms with Crippen LogP contribution in [0.15, 0.2) is 0 Å². The number of nitrogens with zero attached hydrogens (tertiary/aromatic N) is 2. The molecule has 2 atom stereocenters. The molecule has 154 valence electrons. The first kappa shape index (κ1) is 22.1. The van der Waals surface area contributed by atoms with Gasteiger partial charge in [-0.2, -0.15) is 5.06 Å². The normalized spacial score (nSPS) is 30.5. The van der Waals surface area contributed by atoms with E-state index in [4.69, 9.17) is 19.0 Å². The Hall–Kier alpha value is -0.240. The highest BCUT2D eigenvalue weighted by atomic mass is 16.7. The highest BCUT2D eigenvalue weighted by Crippen LogP contribution is 2.09. The molecule has 3 rings (SSSR count). The van der Waals surface area contributed by atoms with E-state index in [2.05, 4.69) is 9.96 Å². The SMILES string of the molecule is C1CCCCN2CCOCCOCCN(CCC1)CCOCCCCO2. The monoisotopic (exact) mass is 372 g/mol.